The fourth-order valence-electron chi connectivity index (χ4n) is 1.57. The van der Waals surface area contributed by atoms with Gasteiger partial charge in [0, 0.05) is 12.6 Å². The Morgan fingerprint density at radius 1 is 1.20 bits per heavy atom. The molecule has 0 aromatic carbocycles. The summed E-state index contributed by atoms with van der Waals surface area (Å²) in [7, 11) is 0. The normalized spacial score (nSPS) is 14.9. The molecule has 0 amide bonds. The second kappa shape index (κ2) is 6.14. The summed E-state index contributed by atoms with van der Waals surface area (Å²) < 4.78 is 0. The monoisotopic (exact) mass is 212 g/mol. The zero-order valence-corrected chi connectivity index (χ0v) is 11.5. The molecule has 0 aliphatic heterocycles. The molecular formula is C13H28N2. The van der Waals surface area contributed by atoms with E-state index in [1.807, 2.05) is 6.34 Å². The van der Waals surface area contributed by atoms with Gasteiger partial charge < -0.3 is 4.90 Å². The van der Waals surface area contributed by atoms with E-state index in [-0.39, 0.29) is 5.54 Å². The summed E-state index contributed by atoms with van der Waals surface area (Å²) in [5.74, 6) is 0.747. The SMILES string of the molecule is CCN(/C=N/C(C)(C)C)C(C)CC(C)C. The van der Waals surface area contributed by atoms with E-state index in [0.29, 0.717) is 6.04 Å². The van der Waals surface area contributed by atoms with Crippen LogP contribution in [0, 0.1) is 5.92 Å². The van der Waals surface area contributed by atoms with E-state index in [9.17, 15) is 0 Å². The molecular weight excluding hydrogens is 184 g/mol. The van der Waals surface area contributed by atoms with Crippen molar-refractivity contribution < 1.29 is 0 Å². The van der Waals surface area contributed by atoms with E-state index >= 15 is 0 Å². The molecule has 0 radical (unpaired) electrons. The van der Waals surface area contributed by atoms with Crippen LogP contribution in [0.5, 0.6) is 0 Å². The van der Waals surface area contributed by atoms with E-state index in [4.69, 9.17) is 0 Å². The lowest BCUT2D eigenvalue weighted by Gasteiger charge is -2.28. The number of nitrogens with zero attached hydrogens (tertiary/aromatic N) is 2. The van der Waals surface area contributed by atoms with Crippen LogP contribution in [0.25, 0.3) is 0 Å². The third-order valence-corrected chi connectivity index (χ3v) is 2.34. The van der Waals surface area contributed by atoms with Gasteiger partial charge in [0.05, 0.1) is 11.9 Å². The molecule has 0 aromatic rings. The first-order valence-corrected chi connectivity index (χ1v) is 6.07. The molecule has 0 spiro atoms. The van der Waals surface area contributed by atoms with Crippen molar-refractivity contribution in [1.29, 1.82) is 0 Å². The Morgan fingerprint density at radius 2 is 1.73 bits per heavy atom. The third kappa shape index (κ3) is 7.40. The largest absolute Gasteiger partial charge is 0.361 e. The van der Waals surface area contributed by atoms with Crippen LogP contribution >= 0.6 is 0 Å². The van der Waals surface area contributed by atoms with Crippen LogP contribution in [-0.2, 0) is 0 Å². The molecule has 0 saturated heterocycles. The Bertz CT molecular complexity index is 189. The molecule has 90 valence electrons. The summed E-state index contributed by atoms with van der Waals surface area (Å²) >= 11 is 0. The molecule has 0 aliphatic carbocycles. The van der Waals surface area contributed by atoms with Gasteiger partial charge in [-0.3, -0.25) is 4.99 Å². The van der Waals surface area contributed by atoms with Gasteiger partial charge in [-0.25, -0.2) is 0 Å². The molecule has 0 aromatic heterocycles. The number of hydrogen-bond donors (Lipinski definition) is 0. The van der Waals surface area contributed by atoms with Crippen LogP contribution in [0.3, 0.4) is 0 Å². The van der Waals surface area contributed by atoms with Crippen molar-refractivity contribution in [1.82, 2.24) is 4.90 Å². The maximum absolute atomic E-state index is 4.56. The third-order valence-electron chi connectivity index (χ3n) is 2.34. The quantitative estimate of drug-likeness (QED) is 0.502. The van der Waals surface area contributed by atoms with Crippen LogP contribution in [0.15, 0.2) is 4.99 Å². The minimum absolute atomic E-state index is 0.0327. The van der Waals surface area contributed by atoms with Gasteiger partial charge in [0.2, 0.25) is 0 Å². The Morgan fingerprint density at radius 3 is 2.07 bits per heavy atom. The van der Waals surface area contributed by atoms with E-state index in [1.165, 1.54) is 6.42 Å². The predicted molar refractivity (Wildman–Crippen MR) is 69.5 cm³/mol. The van der Waals surface area contributed by atoms with Crippen LogP contribution in [0.4, 0.5) is 0 Å². The molecule has 1 unspecified atom stereocenters. The smallest absolute Gasteiger partial charge is 0.0858 e. The molecule has 0 bridgehead atoms. The van der Waals surface area contributed by atoms with Gasteiger partial charge in [-0.1, -0.05) is 13.8 Å². The van der Waals surface area contributed by atoms with E-state index in [0.717, 1.165) is 12.5 Å². The zero-order chi connectivity index (χ0) is 12.1. The molecule has 15 heavy (non-hydrogen) atoms. The van der Waals surface area contributed by atoms with Crippen molar-refractivity contribution >= 4 is 6.34 Å². The molecule has 0 aliphatic rings. The topological polar surface area (TPSA) is 15.6 Å². The van der Waals surface area contributed by atoms with Gasteiger partial charge in [0.15, 0.2) is 0 Å². The molecule has 2 nitrogen and oxygen atoms in total. The molecule has 0 N–H and O–H groups in total. The maximum atomic E-state index is 4.56. The first kappa shape index (κ1) is 14.5. The summed E-state index contributed by atoms with van der Waals surface area (Å²) in [4.78, 5) is 6.88. The lowest BCUT2D eigenvalue weighted by atomic mass is 10.0. The van der Waals surface area contributed by atoms with Crippen molar-refractivity contribution in [3.8, 4) is 0 Å². The van der Waals surface area contributed by atoms with Crippen LogP contribution in [0.2, 0.25) is 0 Å². The summed E-state index contributed by atoms with van der Waals surface area (Å²) in [6.07, 6.45) is 3.25. The van der Waals surface area contributed by atoms with E-state index in [2.05, 4.69) is 58.4 Å². The summed E-state index contributed by atoms with van der Waals surface area (Å²) in [5, 5.41) is 0. The Labute approximate surface area is 95.8 Å². The van der Waals surface area contributed by atoms with Crippen molar-refractivity contribution in [3.05, 3.63) is 0 Å². The first-order chi connectivity index (χ1) is 6.76. The Balaban J connectivity index is 4.30. The van der Waals surface area contributed by atoms with Gasteiger partial charge in [-0.05, 0) is 47.0 Å². The number of rotatable bonds is 5. The lowest BCUT2D eigenvalue weighted by molar-refractivity contribution is 0.305. The summed E-state index contributed by atoms with van der Waals surface area (Å²) in [6, 6.07) is 0.584. The number of aliphatic imine (C=N–C) groups is 1. The van der Waals surface area contributed by atoms with Crippen molar-refractivity contribution in [2.45, 2.75) is 66.5 Å². The highest BCUT2D eigenvalue weighted by Crippen LogP contribution is 2.11. The van der Waals surface area contributed by atoms with Crippen LogP contribution in [0.1, 0.15) is 54.9 Å². The molecule has 0 fully saturated rings. The van der Waals surface area contributed by atoms with Gasteiger partial charge >= 0.3 is 0 Å². The van der Waals surface area contributed by atoms with Gasteiger partial charge in [-0.2, -0.15) is 0 Å². The highest BCUT2D eigenvalue weighted by Gasteiger charge is 2.12. The predicted octanol–water partition coefficient (Wildman–Crippen LogP) is 3.57. The van der Waals surface area contributed by atoms with E-state index in [1.54, 1.807) is 0 Å². The van der Waals surface area contributed by atoms with Crippen molar-refractivity contribution in [2.24, 2.45) is 10.9 Å². The lowest BCUT2D eigenvalue weighted by Crippen LogP contribution is -2.33. The van der Waals surface area contributed by atoms with Gasteiger partial charge in [0.1, 0.15) is 0 Å². The number of hydrogen-bond acceptors (Lipinski definition) is 1. The second-order valence-corrected chi connectivity index (χ2v) is 5.72. The van der Waals surface area contributed by atoms with Gasteiger partial charge in [-0.15, -0.1) is 0 Å². The van der Waals surface area contributed by atoms with Crippen molar-refractivity contribution in [2.75, 3.05) is 6.54 Å². The molecule has 2 heteroatoms. The minimum atomic E-state index is 0.0327. The maximum Gasteiger partial charge on any atom is 0.0858 e. The standard InChI is InChI=1S/C13H28N2/c1-8-15(10-14-13(5,6)7)12(4)9-11(2)3/h10-12H,8-9H2,1-7H3/b14-10+. The molecule has 0 rings (SSSR count). The molecule has 1 atom stereocenters. The minimum Gasteiger partial charge on any atom is -0.361 e. The first-order valence-electron chi connectivity index (χ1n) is 6.07. The molecule has 0 heterocycles. The highest BCUT2D eigenvalue weighted by atomic mass is 15.2. The Kier molecular flexibility index (Phi) is 5.92. The zero-order valence-electron chi connectivity index (χ0n) is 11.5. The summed E-state index contributed by atoms with van der Waals surface area (Å²) in [5.41, 5.74) is 0.0327. The fourth-order valence-corrected chi connectivity index (χ4v) is 1.57. The van der Waals surface area contributed by atoms with Crippen LogP contribution < -0.4 is 0 Å². The van der Waals surface area contributed by atoms with E-state index < -0.39 is 0 Å². The van der Waals surface area contributed by atoms with Crippen LogP contribution in [-0.4, -0.2) is 29.4 Å². The van der Waals surface area contributed by atoms with Gasteiger partial charge in [0.25, 0.3) is 0 Å². The average molecular weight is 212 g/mol. The highest BCUT2D eigenvalue weighted by molar-refractivity contribution is 5.56. The average Bonchev–Trinajstić information content (AvgIpc) is 2.01. The summed E-state index contributed by atoms with van der Waals surface area (Å²) in [6.45, 7) is 16.4. The fraction of sp³-hybridized carbons (Fsp3) is 0.923. The van der Waals surface area contributed by atoms with Crippen molar-refractivity contribution in [3.63, 3.8) is 0 Å². The molecule has 0 saturated carbocycles. The second-order valence-electron chi connectivity index (χ2n) is 5.72. The Hall–Kier alpha value is -0.530.